The van der Waals surface area contributed by atoms with Crippen LogP contribution in [0, 0.1) is 0 Å². The Labute approximate surface area is 141 Å². The molecule has 0 aliphatic carbocycles. The van der Waals surface area contributed by atoms with Gasteiger partial charge in [-0.15, -0.1) is 0 Å². The number of aromatic nitrogens is 1. The molecule has 2 aromatic carbocycles. The first-order valence-electron chi connectivity index (χ1n) is 7.29. The highest BCUT2D eigenvalue weighted by atomic mass is 32.1. The second-order valence-electron chi connectivity index (χ2n) is 5.24. The van der Waals surface area contributed by atoms with Gasteiger partial charge in [0.2, 0.25) is 11.8 Å². The van der Waals surface area contributed by atoms with E-state index in [1.54, 1.807) is 36.4 Å². The zero-order valence-corrected chi connectivity index (χ0v) is 13.7. The average molecular weight is 341 g/mol. The van der Waals surface area contributed by atoms with Crippen LogP contribution in [0.15, 0.2) is 53.3 Å². The summed E-state index contributed by atoms with van der Waals surface area (Å²) in [7, 11) is 0. The van der Waals surface area contributed by atoms with Gasteiger partial charge in [0.05, 0.1) is 10.1 Å². The smallest absolute Gasteiger partial charge is 0.268 e. The minimum absolute atomic E-state index is 0.0530. The van der Waals surface area contributed by atoms with Gasteiger partial charge in [-0.3, -0.25) is 18.3 Å². The van der Waals surface area contributed by atoms with E-state index in [0.717, 1.165) is 4.70 Å². The lowest BCUT2D eigenvalue weighted by atomic mass is 10.2. The van der Waals surface area contributed by atoms with Gasteiger partial charge in [0, 0.05) is 18.3 Å². The Morgan fingerprint density at radius 3 is 2.46 bits per heavy atom. The molecule has 0 saturated carbocycles. The Kier molecular flexibility index (Phi) is 4.43. The molecule has 3 rings (SSSR count). The van der Waals surface area contributed by atoms with Crippen molar-refractivity contribution < 1.29 is 9.59 Å². The second kappa shape index (κ2) is 6.67. The van der Waals surface area contributed by atoms with Gasteiger partial charge in [-0.2, -0.15) is 0 Å². The first kappa shape index (κ1) is 15.9. The van der Waals surface area contributed by atoms with Crippen LogP contribution in [0.25, 0.3) is 10.1 Å². The summed E-state index contributed by atoms with van der Waals surface area (Å²) in [6, 6.07) is 14.1. The van der Waals surface area contributed by atoms with Crippen LogP contribution in [0.2, 0.25) is 0 Å². The molecule has 122 valence electrons. The molecular weight excluding hydrogens is 326 g/mol. The first-order chi connectivity index (χ1) is 11.5. The van der Waals surface area contributed by atoms with E-state index in [-0.39, 0.29) is 23.9 Å². The van der Waals surface area contributed by atoms with E-state index >= 15 is 0 Å². The number of fused-ring (bicyclic) bond motifs is 1. The van der Waals surface area contributed by atoms with Crippen molar-refractivity contribution in [2.45, 2.75) is 13.5 Å². The fraction of sp³-hybridized carbons (Fsp3) is 0.118. The van der Waals surface area contributed by atoms with Gasteiger partial charge in [-0.1, -0.05) is 29.7 Å². The van der Waals surface area contributed by atoms with Gasteiger partial charge in [-0.05, 0) is 30.3 Å². The van der Waals surface area contributed by atoms with Crippen LogP contribution >= 0.6 is 11.5 Å². The summed E-state index contributed by atoms with van der Waals surface area (Å²) in [5.74, 6) is -0.487. The van der Waals surface area contributed by atoms with E-state index in [4.69, 9.17) is 0 Å². The predicted octanol–water partition coefficient (Wildman–Crippen LogP) is 2.66. The zero-order valence-electron chi connectivity index (χ0n) is 12.9. The van der Waals surface area contributed by atoms with Crippen LogP contribution < -0.4 is 16.2 Å². The van der Waals surface area contributed by atoms with Gasteiger partial charge in [-0.25, -0.2) is 0 Å². The van der Waals surface area contributed by atoms with Gasteiger partial charge >= 0.3 is 0 Å². The topological polar surface area (TPSA) is 80.2 Å². The average Bonchev–Trinajstić information content (AvgIpc) is 2.83. The number of hydrogen-bond donors (Lipinski definition) is 2. The SMILES string of the molecule is CC(=O)Nc1cccc(NC(=O)Cn2sc3ccccc3c2=O)c1. The largest absolute Gasteiger partial charge is 0.326 e. The number of rotatable bonds is 4. The van der Waals surface area contributed by atoms with Crippen LogP contribution in [-0.4, -0.2) is 15.8 Å². The third-order valence-corrected chi connectivity index (χ3v) is 4.37. The minimum atomic E-state index is -0.302. The number of nitrogens with zero attached hydrogens (tertiary/aromatic N) is 1. The number of carbonyl (C=O) groups excluding carboxylic acids is 2. The molecule has 2 amide bonds. The summed E-state index contributed by atoms with van der Waals surface area (Å²) in [5.41, 5.74) is 0.984. The molecule has 6 nitrogen and oxygen atoms in total. The van der Waals surface area contributed by atoms with Crippen molar-refractivity contribution in [3.63, 3.8) is 0 Å². The monoisotopic (exact) mass is 341 g/mol. The molecule has 0 atom stereocenters. The molecule has 24 heavy (non-hydrogen) atoms. The molecule has 0 saturated heterocycles. The number of benzene rings is 2. The van der Waals surface area contributed by atoms with Gasteiger partial charge in [0.25, 0.3) is 5.56 Å². The molecule has 0 aliphatic heterocycles. The van der Waals surface area contributed by atoms with Crippen molar-refractivity contribution in [2.75, 3.05) is 10.6 Å². The molecular formula is C17H15N3O3S. The first-order valence-corrected chi connectivity index (χ1v) is 8.06. The number of anilines is 2. The molecule has 0 unspecified atom stereocenters. The number of nitrogens with one attached hydrogen (secondary N) is 2. The van der Waals surface area contributed by atoms with E-state index in [1.807, 2.05) is 12.1 Å². The lowest BCUT2D eigenvalue weighted by Gasteiger charge is -2.07. The van der Waals surface area contributed by atoms with Gasteiger partial charge in [0.1, 0.15) is 6.54 Å². The normalized spacial score (nSPS) is 10.5. The molecule has 0 radical (unpaired) electrons. The quantitative estimate of drug-likeness (QED) is 0.765. The maximum absolute atomic E-state index is 12.2. The maximum Gasteiger partial charge on any atom is 0.268 e. The van der Waals surface area contributed by atoms with E-state index in [9.17, 15) is 14.4 Å². The van der Waals surface area contributed by atoms with Gasteiger partial charge in [0.15, 0.2) is 0 Å². The lowest BCUT2D eigenvalue weighted by Crippen LogP contribution is -2.23. The van der Waals surface area contributed by atoms with E-state index in [1.165, 1.54) is 22.4 Å². The third kappa shape index (κ3) is 3.52. The van der Waals surface area contributed by atoms with E-state index in [2.05, 4.69) is 10.6 Å². The fourth-order valence-electron chi connectivity index (χ4n) is 2.33. The highest BCUT2D eigenvalue weighted by molar-refractivity contribution is 7.13. The Morgan fingerprint density at radius 1 is 1.04 bits per heavy atom. The van der Waals surface area contributed by atoms with Crippen LogP contribution in [0.5, 0.6) is 0 Å². The molecule has 1 aromatic heterocycles. The Morgan fingerprint density at radius 2 is 1.75 bits per heavy atom. The zero-order chi connectivity index (χ0) is 17.1. The molecule has 7 heteroatoms. The Balaban J connectivity index is 1.74. The molecule has 0 spiro atoms. The predicted molar refractivity (Wildman–Crippen MR) is 95.5 cm³/mol. The van der Waals surface area contributed by atoms with Crippen molar-refractivity contribution in [3.05, 3.63) is 58.9 Å². The van der Waals surface area contributed by atoms with Crippen LogP contribution in [0.1, 0.15) is 6.92 Å². The van der Waals surface area contributed by atoms with Crippen molar-refractivity contribution >= 4 is 44.8 Å². The van der Waals surface area contributed by atoms with Crippen molar-refractivity contribution in [1.29, 1.82) is 0 Å². The summed E-state index contributed by atoms with van der Waals surface area (Å²) in [6.07, 6.45) is 0. The lowest BCUT2D eigenvalue weighted by molar-refractivity contribution is -0.116. The van der Waals surface area contributed by atoms with Crippen LogP contribution in [-0.2, 0) is 16.1 Å². The van der Waals surface area contributed by atoms with Gasteiger partial charge < -0.3 is 10.6 Å². The summed E-state index contributed by atoms with van der Waals surface area (Å²) in [4.78, 5) is 35.5. The van der Waals surface area contributed by atoms with Crippen LogP contribution in [0.4, 0.5) is 11.4 Å². The number of carbonyl (C=O) groups is 2. The summed E-state index contributed by atoms with van der Waals surface area (Å²) < 4.78 is 2.28. The van der Waals surface area contributed by atoms with Crippen molar-refractivity contribution in [1.82, 2.24) is 3.96 Å². The molecule has 3 aromatic rings. The molecule has 2 N–H and O–H groups in total. The van der Waals surface area contributed by atoms with E-state index in [0.29, 0.717) is 16.8 Å². The summed E-state index contributed by atoms with van der Waals surface area (Å²) in [5, 5.41) is 6.00. The fourth-order valence-corrected chi connectivity index (χ4v) is 3.32. The molecule has 0 bridgehead atoms. The van der Waals surface area contributed by atoms with Crippen molar-refractivity contribution in [3.8, 4) is 0 Å². The third-order valence-electron chi connectivity index (χ3n) is 3.31. The standard InChI is InChI=1S/C17H15N3O3S/c1-11(21)18-12-5-4-6-13(9-12)19-16(22)10-20-17(23)14-7-2-3-8-15(14)24-20/h2-9H,10H2,1H3,(H,18,21)(H,19,22). The number of hydrogen-bond acceptors (Lipinski definition) is 4. The summed E-state index contributed by atoms with van der Waals surface area (Å²) in [6.45, 7) is 1.36. The van der Waals surface area contributed by atoms with E-state index < -0.39 is 0 Å². The van der Waals surface area contributed by atoms with Crippen molar-refractivity contribution in [2.24, 2.45) is 0 Å². The Bertz CT molecular complexity index is 974. The highest BCUT2D eigenvalue weighted by Crippen LogP contribution is 2.17. The molecule has 1 heterocycles. The second-order valence-corrected chi connectivity index (χ2v) is 6.30. The summed E-state index contributed by atoms with van der Waals surface area (Å²) >= 11 is 1.26. The molecule has 0 aliphatic rings. The maximum atomic E-state index is 12.2. The Hall–Kier alpha value is -2.93. The molecule has 0 fully saturated rings. The minimum Gasteiger partial charge on any atom is -0.326 e. The number of amides is 2. The van der Waals surface area contributed by atoms with Crippen LogP contribution in [0.3, 0.4) is 0 Å². The highest BCUT2D eigenvalue weighted by Gasteiger charge is 2.11.